The van der Waals surface area contributed by atoms with Crippen LogP contribution in [0.2, 0.25) is 0 Å². The van der Waals surface area contributed by atoms with Crippen LogP contribution in [0.25, 0.3) is 22.3 Å². The molecule has 2 aromatic heterocycles. The molecule has 0 spiro atoms. The predicted octanol–water partition coefficient (Wildman–Crippen LogP) is 2.63. The summed E-state index contributed by atoms with van der Waals surface area (Å²) < 4.78 is 2.49. The van der Waals surface area contributed by atoms with Gasteiger partial charge in [0.2, 0.25) is 0 Å². The molecule has 3 aromatic rings. The van der Waals surface area contributed by atoms with Crippen LogP contribution in [0, 0.1) is 4.77 Å². The second-order valence-electron chi connectivity index (χ2n) is 3.66. The molecule has 0 atom stereocenters. The highest BCUT2D eigenvalue weighted by Crippen LogP contribution is 2.26. The van der Waals surface area contributed by atoms with E-state index in [0.29, 0.717) is 4.77 Å². The summed E-state index contributed by atoms with van der Waals surface area (Å²) in [6, 6.07) is 8.13. The number of benzene rings is 1. The fourth-order valence-corrected chi connectivity index (χ4v) is 1.98. The fraction of sp³-hybridized carbons (Fsp3) is 0.0909. The first-order valence-corrected chi connectivity index (χ1v) is 5.36. The molecule has 0 aliphatic heterocycles. The number of aromatic nitrogens is 4. The van der Waals surface area contributed by atoms with Crippen molar-refractivity contribution < 1.29 is 0 Å². The summed E-state index contributed by atoms with van der Waals surface area (Å²) >= 11 is 5.11. The molecule has 5 heteroatoms. The van der Waals surface area contributed by atoms with Gasteiger partial charge in [0.1, 0.15) is 0 Å². The van der Waals surface area contributed by atoms with Crippen LogP contribution in [0.3, 0.4) is 0 Å². The SMILES string of the molecule is Cn1c(-c2c[nH]c3ccccc23)n[nH]c1=S. The molecule has 80 valence electrons. The first-order valence-electron chi connectivity index (χ1n) is 4.95. The Bertz CT molecular complexity index is 704. The van der Waals surface area contributed by atoms with Gasteiger partial charge >= 0.3 is 0 Å². The van der Waals surface area contributed by atoms with Gasteiger partial charge in [-0.05, 0) is 18.3 Å². The van der Waals surface area contributed by atoms with Crippen molar-refractivity contribution >= 4 is 23.1 Å². The number of nitrogens with one attached hydrogen (secondary N) is 2. The van der Waals surface area contributed by atoms with Gasteiger partial charge in [-0.2, -0.15) is 5.10 Å². The zero-order valence-electron chi connectivity index (χ0n) is 8.69. The molecule has 0 aliphatic rings. The minimum atomic E-state index is 0.625. The molecule has 3 rings (SSSR count). The van der Waals surface area contributed by atoms with Crippen LogP contribution in [0.15, 0.2) is 30.5 Å². The van der Waals surface area contributed by atoms with E-state index in [2.05, 4.69) is 21.2 Å². The molecule has 0 saturated carbocycles. The largest absolute Gasteiger partial charge is 0.360 e. The first-order chi connectivity index (χ1) is 7.77. The molecule has 0 aliphatic carbocycles. The Morgan fingerprint density at radius 2 is 2.12 bits per heavy atom. The van der Waals surface area contributed by atoms with E-state index in [9.17, 15) is 0 Å². The fourth-order valence-electron chi connectivity index (χ4n) is 1.84. The summed E-state index contributed by atoms with van der Waals surface area (Å²) in [6.45, 7) is 0. The van der Waals surface area contributed by atoms with E-state index in [1.54, 1.807) is 0 Å². The van der Waals surface area contributed by atoms with E-state index in [-0.39, 0.29) is 0 Å². The molecule has 0 amide bonds. The quantitative estimate of drug-likeness (QED) is 0.631. The van der Waals surface area contributed by atoms with Crippen molar-refractivity contribution in [2.24, 2.45) is 7.05 Å². The lowest BCUT2D eigenvalue weighted by Gasteiger charge is -1.97. The van der Waals surface area contributed by atoms with Gasteiger partial charge in [0.15, 0.2) is 10.6 Å². The molecule has 0 bridgehead atoms. The van der Waals surface area contributed by atoms with Gasteiger partial charge in [-0.25, -0.2) is 0 Å². The van der Waals surface area contributed by atoms with Gasteiger partial charge in [0.05, 0.1) is 0 Å². The molecule has 0 radical (unpaired) electrons. The monoisotopic (exact) mass is 230 g/mol. The van der Waals surface area contributed by atoms with E-state index in [0.717, 1.165) is 22.3 Å². The Kier molecular flexibility index (Phi) is 1.94. The second-order valence-corrected chi connectivity index (χ2v) is 4.05. The normalized spacial score (nSPS) is 11.1. The molecule has 0 fully saturated rings. The van der Waals surface area contributed by atoms with E-state index < -0.39 is 0 Å². The first kappa shape index (κ1) is 9.35. The Morgan fingerprint density at radius 3 is 2.88 bits per heavy atom. The number of rotatable bonds is 1. The van der Waals surface area contributed by atoms with Crippen LogP contribution in [-0.2, 0) is 7.05 Å². The molecule has 0 saturated heterocycles. The number of H-pyrrole nitrogens is 2. The zero-order valence-corrected chi connectivity index (χ0v) is 9.51. The third-order valence-corrected chi connectivity index (χ3v) is 3.08. The average molecular weight is 230 g/mol. The van der Waals surface area contributed by atoms with E-state index in [1.165, 1.54) is 0 Å². The Hall–Kier alpha value is -1.88. The van der Waals surface area contributed by atoms with E-state index in [4.69, 9.17) is 12.2 Å². The van der Waals surface area contributed by atoms with Gasteiger partial charge in [-0.1, -0.05) is 18.2 Å². The molecular formula is C11H10N4S. The van der Waals surface area contributed by atoms with Crippen LogP contribution in [0.4, 0.5) is 0 Å². The highest BCUT2D eigenvalue weighted by molar-refractivity contribution is 7.71. The third kappa shape index (κ3) is 1.22. The maximum Gasteiger partial charge on any atom is 0.195 e. The van der Waals surface area contributed by atoms with Gasteiger partial charge < -0.3 is 9.55 Å². The highest BCUT2D eigenvalue weighted by atomic mass is 32.1. The van der Waals surface area contributed by atoms with Crippen molar-refractivity contribution in [2.45, 2.75) is 0 Å². The molecule has 2 heterocycles. The summed E-state index contributed by atoms with van der Waals surface area (Å²) in [7, 11) is 1.91. The zero-order chi connectivity index (χ0) is 11.1. The van der Waals surface area contributed by atoms with Crippen LogP contribution in [0.1, 0.15) is 0 Å². The lowest BCUT2D eigenvalue weighted by Crippen LogP contribution is -1.91. The van der Waals surface area contributed by atoms with Crippen molar-refractivity contribution in [3.8, 4) is 11.4 Å². The Balaban J connectivity index is 2.34. The predicted molar refractivity (Wildman–Crippen MR) is 65.7 cm³/mol. The van der Waals surface area contributed by atoms with Crippen molar-refractivity contribution in [3.05, 3.63) is 35.2 Å². The number of hydrogen-bond donors (Lipinski definition) is 2. The second kappa shape index (κ2) is 3.31. The summed E-state index contributed by atoms with van der Waals surface area (Å²) in [6.07, 6.45) is 1.95. The molecule has 0 unspecified atom stereocenters. The van der Waals surface area contributed by atoms with Gasteiger partial charge in [-0.15, -0.1) is 0 Å². The van der Waals surface area contributed by atoms with E-state index >= 15 is 0 Å². The Morgan fingerprint density at radius 1 is 1.31 bits per heavy atom. The smallest absolute Gasteiger partial charge is 0.195 e. The lowest BCUT2D eigenvalue weighted by molar-refractivity contribution is 0.903. The topological polar surface area (TPSA) is 49.4 Å². The van der Waals surface area contributed by atoms with Crippen LogP contribution < -0.4 is 0 Å². The van der Waals surface area contributed by atoms with Crippen LogP contribution in [-0.4, -0.2) is 19.7 Å². The van der Waals surface area contributed by atoms with Gasteiger partial charge in [0, 0.05) is 29.7 Å². The average Bonchev–Trinajstić information content (AvgIpc) is 2.85. The maximum absolute atomic E-state index is 5.11. The van der Waals surface area contributed by atoms with Crippen molar-refractivity contribution in [3.63, 3.8) is 0 Å². The van der Waals surface area contributed by atoms with Crippen LogP contribution in [0.5, 0.6) is 0 Å². The third-order valence-electron chi connectivity index (χ3n) is 2.71. The standard InChI is InChI=1S/C11H10N4S/c1-15-10(13-14-11(15)16)8-6-12-9-5-3-2-4-7(8)9/h2-6,12H,1H3,(H,14,16). The summed E-state index contributed by atoms with van der Waals surface area (Å²) in [5.41, 5.74) is 2.16. The molecule has 4 nitrogen and oxygen atoms in total. The van der Waals surface area contributed by atoms with Crippen LogP contribution >= 0.6 is 12.2 Å². The molecule has 16 heavy (non-hydrogen) atoms. The maximum atomic E-state index is 5.11. The number of nitrogens with zero attached hydrogens (tertiary/aromatic N) is 2. The van der Waals surface area contributed by atoms with Crippen molar-refractivity contribution in [1.82, 2.24) is 19.7 Å². The van der Waals surface area contributed by atoms with Gasteiger partial charge in [0.25, 0.3) is 0 Å². The van der Waals surface area contributed by atoms with E-state index in [1.807, 2.05) is 36.0 Å². The molecule has 2 N–H and O–H groups in total. The van der Waals surface area contributed by atoms with Crippen molar-refractivity contribution in [1.29, 1.82) is 0 Å². The number of aromatic amines is 2. The number of hydrogen-bond acceptors (Lipinski definition) is 2. The summed E-state index contributed by atoms with van der Waals surface area (Å²) in [5, 5.41) is 8.18. The highest BCUT2D eigenvalue weighted by Gasteiger charge is 2.10. The van der Waals surface area contributed by atoms with Gasteiger partial charge in [-0.3, -0.25) is 5.10 Å². The molecular weight excluding hydrogens is 220 g/mol. The molecule has 1 aromatic carbocycles. The summed E-state index contributed by atoms with van der Waals surface area (Å²) in [4.78, 5) is 3.22. The van der Waals surface area contributed by atoms with Crippen molar-refractivity contribution in [2.75, 3.05) is 0 Å². The minimum Gasteiger partial charge on any atom is -0.360 e. The minimum absolute atomic E-state index is 0.625. The lowest BCUT2D eigenvalue weighted by atomic mass is 10.1. The summed E-state index contributed by atoms with van der Waals surface area (Å²) in [5.74, 6) is 0.849. The number of fused-ring (bicyclic) bond motifs is 1. The Labute approximate surface area is 96.9 Å². The number of para-hydroxylation sites is 1.